The van der Waals surface area contributed by atoms with Crippen LogP contribution in [0.15, 0.2) is 237 Å². The van der Waals surface area contributed by atoms with Crippen LogP contribution in [0.25, 0.3) is 147 Å². The van der Waals surface area contributed by atoms with Gasteiger partial charge in [-0.2, -0.15) is 0 Å². The molecule has 69 heavy (non-hydrogen) atoms. The lowest BCUT2D eigenvalue weighted by Crippen LogP contribution is -2.03. The molecular weight excluding hydrogens is 835 g/mol. The van der Waals surface area contributed by atoms with Crippen molar-refractivity contribution in [3.05, 3.63) is 237 Å². The predicted octanol–water partition coefficient (Wildman–Crippen LogP) is 17.9. The number of para-hydroxylation sites is 4. The minimum absolute atomic E-state index is 1.10. The van der Waals surface area contributed by atoms with Crippen LogP contribution in [0.2, 0.25) is 0 Å². The van der Waals surface area contributed by atoms with E-state index in [1.54, 1.807) is 0 Å². The van der Waals surface area contributed by atoms with Gasteiger partial charge < -0.3 is 13.7 Å². The standard InChI is InChI=1S/C66H39N3/c1-5-21-47-43(17-1)45-19-3-7-23-49(45)57-38-65-59(36-55(47)57)60-37-56-48-22-6-2-18-44(48)46-20-4-8-24-50(46)58(56)39-66(60)69(65)42-34-40(67-61-29-13-9-25-51(61)52-26-10-14-30-62(52)67)33-41(35-42)68-63-31-15-11-27-53(63)54-28-12-16-32-64(54)68/h1-39H. The molecule has 0 N–H and O–H groups in total. The van der Waals surface area contributed by atoms with Crippen molar-refractivity contribution < 1.29 is 0 Å². The first kappa shape index (κ1) is 37.0. The van der Waals surface area contributed by atoms with Crippen molar-refractivity contribution in [2.24, 2.45) is 0 Å². The van der Waals surface area contributed by atoms with E-state index in [4.69, 9.17) is 0 Å². The van der Waals surface area contributed by atoms with Crippen LogP contribution < -0.4 is 0 Å². The summed E-state index contributed by atoms with van der Waals surface area (Å²) in [4.78, 5) is 0. The summed E-state index contributed by atoms with van der Waals surface area (Å²) in [6.45, 7) is 0. The zero-order valence-corrected chi connectivity index (χ0v) is 37.4. The number of benzene rings is 13. The van der Waals surface area contributed by atoms with Gasteiger partial charge in [0.05, 0.1) is 50.2 Å². The summed E-state index contributed by atoms with van der Waals surface area (Å²) in [5.41, 5.74) is 10.4. The molecule has 0 aliphatic heterocycles. The summed E-state index contributed by atoms with van der Waals surface area (Å²) in [6.07, 6.45) is 0. The van der Waals surface area contributed by atoms with Crippen LogP contribution in [0.1, 0.15) is 0 Å². The monoisotopic (exact) mass is 873 g/mol. The number of nitrogens with zero attached hydrogens (tertiary/aromatic N) is 3. The minimum atomic E-state index is 1.10. The molecule has 0 atom stereocenters. The molecule has 0 radical (unpaired) electrons. The third kappa shape index (κ3) is 5.00. The first-order valence-electron chi connectivity index (χ1n) is 23.9. The molecule has 3 nitrogen and oxygen atoms in total. The summed E-state index contributed by atoms with van der Waals surface area (Å²) in [6, 6.07) is 88.5. The van der Waals surface area contributed by atoms with Crippen LogP contribution in [0.5, 0.6) is 0 Å². The molecule has 318 valence electrons. The molecule has 0 saturated heterocycles. The molecule has 0 spiro atoms. The third-order valence-electron chi connectivity index (χ3n) is 15.3. The molecular formula is C66H39N3. The number of fused-ring (bicyclic) bond motifs is 21. The topological polar surface area (TPSA) is 14.8 Å². The Morgan fingerprint density at radius 1 is 0.145 bits per heavy atom. The summed E-state index contributed by atoms with van der Waals surface area (Å²) in [5.74, 6) is 0. The van der Waals surface area contributed by atoms with Crippen molar-refractivity contribution in [3.63, 3.8) is 0 Å². The molecule has 0 aliphatic rings. The second-order valence-electron chi connectivity index (χ2n) is 18.8. The van der Waals surface area contributed by atoms with Crippen LogP contribution >= 0.6 is 0 Å². The molecule has 0 aliphatic carbocycles. The van der Waals surface area contributed by atoms with E-state index in [0.717, 1.165) is 17.1 Å². The molecule has 3 heteroatoms. The molecule has 16 rings (SSSR count). The van der Waals surface area contributed by atoms with E-state index in [-0.39, 0.29) is 0 Å². The predicted molar refractivity (Wildman–Crippen MR) is 294 cm³/mol. The molecule has 3 aromatic heterocycles. The lowest BCUT2D eigenvalue weighted by molar-refractivity contribution is 1.10. The average molecular weight is 874 g/mol. The van der Waals surface area contributed by atoms with Crippen molar-refractivity contribution >= 4 is 130 Å². The maximum atomic E-state index is 2.58. The highest BCUT2D eigenvalue weighted by atomic mass is 15.0. The highest BCUT2D eigenvalue weighted by molar-refractivity contribution is 6.32. The van der Waals surface area contributed by atoms with Gasteiger partial charge in [-0.15, -0.1) is 0 Å². The number of hydrogen-bond acceptors (Lipinski definition) is 0. The second kappa shape index (κ2) is 13.7. The molecule has 0 bridgehead atoms. The molecule has 0 fully saturated rings. The molecule has 0 saturated carbocycles. The molecule has 16 aromatic rings. The van der Waals surface area contributed by atoms with Gasteiger partial charge in [0.25, 0.3) is 0 Å². The average Bonchev–Trinajstić information content (AvgIpc) is 4.05. The summed E-state index contributed by atoms with van der Waals surface area (Å²) < 4.78 is 7.53. The van der Waals surface area contributed by atoms with Gasteiger partial charge in [-0.25, -0.2) is 0 Å². The van der Waals surface area contributed by atoms with Gasteiger partial charge in [-0.3, -0.25) is 0 Å². The molecule has 3 heterocycles. The van der Waals surface area contributed by atoms with Crippen LogP contribution in [-0.2, 0) is 0 Å². The van der Waals surface area contributed by atoms with E-state index in [1.807, 2.05) is 0 Å². The lowest BCUT2D eigenvalue weighted by atomic mass is 9.92. The Kier molecular flexibility index (Phi) is 7.34. The Labute approximate surface area is 395 Å². The Balaban J connectivity index is 1.13. The van der Waals surface area contributed by atoms with E-state index in [0.29, 0.717) is 0 Å². The van der Waals surface area contributed by atoms with Crippen LogP contribution in [-0.4, -0.2) is 13.7 Å². The number of hydrogen-bond donors (Lipinski definition) is 0. The van der Waals surface area contributed by atoms with Crippen molar-refractivity contribution in [1.29, 1.82) is 0 Å². The maximum absolute atomic E-state index is 2.58. The first-order valence-corrected chi connectivity index (χ1v) is 23.9. The Morgan fingerprint density at radius 2 is 0.348 bits per heavy atom. The Morgan fingerprint density at radius 3 is 0.623 bits per heavy atom. The first-order chi connectivity index (χ1) is 34.2. The highest BCUT2D eigenvalue weighted by Gasteiger charge is 2.22. The van der Waals surface area contributed by atoms with E-state index in [9.17, 15) is 0 Å². The zero-order chi connectivity index (χ0) is 44.9. The molecule has 0 unspecified atom stereocenters. The second-order valence-corrected chi connectivity index (χ2v) is 18.8. The normalized spacial score (nSPS) is 12.3. The zero-order valence-electron chi connectivity index (χ0n) is 37.4. The quantitative estimate of drug-likeness (QED) is 0.157. The Bertz CT molecular complexity index is 4490. The lowest BCUT2D eigenvalue weighted by Gasteiger charge is -2.18. The van der Waals surface area contributed by atoms with Gasteiger partial charge >= 0.3 is 0 Å². The van der Waals surface area contributed by atoms with E-state index in [1.165, 1.54) is 130 Å². The fourth-order valence-corrected chi connectivity index (χ4v) is 12.5. The van der Waals surface area contributed by atoms with Crippen molar-refractivity contribution in [3.8, 4) is 17.1 Å². The van der Waals surface area contributed by atoms with Crippen LogP contribution in [0.3, 0.4) is 0 Å². The fourth-order valence-electron chi connectivity index (χ4n) is 12.5. The molecule has 13 aromatic carbocycles. The Hall–Kier alpha value is -9.18. The van der Waals surface area contributed by atoms with Gasteiger partial charge in [-0.05, 0) is 131 Å². The number of aromatic nitrogens is 3. The van der Waals surface area contributed by atoms with Gasteiger partial charge in [-0.1, -0.05) is 170 Å². The van der Waals surface area contributed by atoms with Crippen LogP contribution in [0, 0.1) is 0 Å². The van der Waals surface area contributed by atoms with Gasteiger partial charge in [0.15, 0.2) is 0 Å². The van der Waals surface area contributed by atoms with Crippen molar-refractivity contribution in [2.75, 3.05) is 0 Å². The smallest absolute Gasteiger partial charge is 0.0547 e. The SMILES string of the molecule is c1ccc2c(c1)c1ccccc1c1cc3c(cc21)c1cc2c4ccccc4c4ccccc4c2cc1n3-c1cc(-n2c3ccccc3c3ccccc32)cc(-n2c3ccccc3c3ccccc32)c1. The maximum Gasteiger partial charge on any atom is 0.0547 e. The van der Waals surface area contributed by atoms with E-state index >= 15 is 0 Å². The van der Waals surface area contributed by atoms with Crippen LogP contribution in [0.4, 0.5) is 0 Å². The van der Waals surface area contributed by atoms with E-state index < -0.39 is 0 Å². The van der Waals surface area contributed by atoms with Gasteiger partial charge in [0.1, 0.15) is 0 Å². The minimum Gasteiger partial charge on any atom is -0.309 e. The third-order valence-corrected chi connectivity index (χ3v) is 15.3. The van der Waals surface area contributed by atoms with E-state index in [2.05, 4.69) is 250 Å². The van der Waals surface area contributed by atoms with Crippen molar-refractivity contribution in [2.45, 2.75) is 0 Å². The fraction of sp³-hybridized carbons (Fsp3) is 0. The van der Waals surface area contributed by atoms with Gasteiger partial charge in [0.2, 0.25) is 0 Å². The summed E-state index contributed by atoms with van der Waals surface area (Å²) in [5, 5.41) is 22.6. The van der Waals surface area contributed by atoms with Crippen molar-refractivity contribution in [1.82, 2.24) is 13.7 Å². The number of rotatable bonds is 3. The highest BCUT2D eigenvalue weighted by Crippen LogP contribution is 2.46. The molecule has 0 amide bonds. The van der Waals surface area contributed by atoms with Gasteiger partial charge in [0, 0.05) is 32.3 Å². The summed E-state index contributed by atoms with van der Waals surface area (Å²) >= 11 is 0. The summed E-state index contributed by atoms with van der Waals surface area (Å²) in [7, 11) is 0. The largest absolute Gasteiger partial charge is 0.309 e.